The fourth-order valence-corrected chi connectivity index (χ4v) is 2.10. The van der Waals surface area contributed by atoms with Gasteiger partial charge in [-0.25, -0.2) is 14.8 Å². The van der Waals surface area contributed by atoms with E-state index in [-0.39, 0.29) is 12.1 Å². The van der Waals surface area contributed by atoms with Crippen LogP contribution in [0.3, 0.4) is 0 Å². The molecule has 3 aromatic heterocycles. The lowest BCUT2D eigenvalue weighted by atomic mass is 10.2. The lowest BCUT2D eigenvalue weighted by Gasteiger charge is -2.09. The minimum Gasteiger partial charge on any atom is -0.478 e. The van der Waals surface area contributed by atoms with Crippen LogP contribution in [0.15, 0.2) is 23.0 Å². The zero-order valence-corrected chi connectivity index (χ0v) is 11.5. The van der Waals surface area contributed by atoms with Crippen molar-refractivity contribution in [2.45, 2.75) is 13.5 Å². The molecule has 2 N–H and O–H groups in total. The van der Waals surface area contributed by atoms with E-state index in [1.165, 1.54) is 6.20 Å². The predicted octanol–water partition coefficient (Wildman–Crippen LogP) is 1.58. The topological polar surface area (TPSA) is 106 Å². The number of hydrogen-bond donors (Lipinski definition) is 2. The third-order valence-electron chi connectivity index (χ3n) is 3.08. The number of aromatic nitrogens is 4. The number of oxazole rings is 1. The van der Waals surface area contributed by atoms with Crippen LogP contribution in [0, 0.1) is 6.92 Å². The van der Waals surface area contributed by atoms with Crippen LogP contribution in [0.25, 0.3) is 11.0 Å². The van der Waals surface area contributed by atoms with E-state index in [9.17, 15) is 9.90 Å². The largest absolute Gasteiger partial charge is 0.478 e. The normalized spacial score (nSPS) is 11.0. The van der Waals surface area contributed by atoms with Crippen LogP contribution < -0.4 is 5.32 Å². The highest BCUT2D eigenvalue weighted by Gasteiger charge is 2.17. The first-order chi connectivity index (χ1) is 10.1. The molecular formula is C13H13N5O3. The molecule has 8 heteroatoms. The van der Waals surface area contributed by atoms with Crippen LogP contribution in [-0.2, 0) is 13.6 Å². The van der Waals surface area contributed by atoms with Crippen molar-refractivity contribution in [1.29, 1.82) is 0 Å². The Balaban J connectivity index is 2.01. The lowest BCUT2D eigenvalue weighted by molar-refractivity contribution is 0.0697. The van der Waals surface area contributed by atoms with Gasteiger partial charge in [0.1, 0.15) is 11.3 Å². The number of aryl methyl sites for hydroxylation is 2. The van der Waals surface area contributed by atoms with E-state index in [0.29, 0.717) is 28.4 Å². The molecule has 0 bridgehead atoms. The van der Waals surface area contributed by atoms with Crippen molar-refractivity contribution in [3.05, 3.63) is 35.8 Å². The first kappa shape index (κ1) is 13.1. The summed E-state index contributed by atoms with van der Waals surface area (Å²) in [7, 11) is 1.75. The van der Waals surface area contributed by atoms with Gasteiger partial charge >= 0.3 is 5.97 Å². The fraction of sp³-hybridized carbons (Fsp3) is 0.231. The van der Waals surface area contributed by atoms with E-state index in [1.54, 1.807) is 31.0 Å². The van der Waals surface area contributed by atoms with Crippen molar-refractivity contribution < 1.29 is 14.3 Å². The highest BCUT2D eigenvalue weighted by atomic mass is 16.4. The van der Waals surface area contributed by atoms with E-state index in [4.69, 9.17) is 4.42 Å². The number of nitrogens with zero attached hydrogens (tertiary/aromatic N) is 4. The molecule has 3 rings (SSSR count). The first-order valence-electron chi connectivity index (χ1n) is 6.25. The average Bonchev–Trinajstić information content (AvgIpc) is 3.03. The number of carboxylic acid groups (broad SMARTS) is 1. The quantitative estimate of drug-likeness (QED) is 0.750. The van der Waals surface area contributed by atoms with E-state index in [1.807, 2.05) is 0 Å². The summed E-state index contributed by atoms with van der Waals surface area (Å²) in [6.45, 7) is 2.08. The Morgan fingerprint density at radius 1 is 1.38 bits per heavy atom. The van der Waals surface area contributed by atoms with Crippen LogP contribution >= 0.6 is 0 Å². The molecule has 0 saturated heterocycles. The number of rotatable bonds is 4. The average molecular weight is 287 g/mol. The van der Waals surface area contributed by atoms with Crippen molar-refractivity contribution in [2.75, 3.05) is 5.32 Å². The zero-order chi connectivity index (χ0) is 15.0. The van der Waals surface area contributed by atoms with E-state index >= 15 is 0 Å². The summed E-state index contributed by atoms with van der Waals surface area (Å²) < 4.78 is 6.95. The molecule has 0 aromatic carbocycles. The number of hydrogen-bond acceptors (Lipinski definition) is 6. The monoisotopic (exact) mass is 287 g/mol. The maximum atomic E-state index is 11.3. The number of fused-ring (bicyclic) bond motifs is 1. The Kier molecular flexibility index (Phi) is 3.05. The Morgan fingerprint density at radius 3 is 2.86 bits per heavy atom. The second kappa shape index (κ2) is 4.89. The van der Waals surface area contributed by atoms with Gasteiger partial charge in [0, 0.05) is 13.2 Å². The fourth-order valence-electron chi connectivity index (χ4n) is 2.10. The number of carboxylic acids is 1. The molecule has 0 aliphatic rings. The molecule has 0 unspecified atom stereocenters. The van der Waals surface area contributed by atoms with Crippen LogP contribution in [0.2, 0.25) is 0 Å². The number of aromatic carboxylic acids is 1. The second-order valence-corrected chi connectivity index (χ2v) is 4.58. The number of carbonyl (C=O) groups is 1. The molecule has 0 radical (unpaired) electrons. The number of pyridine rings is 1. The Bertz CT molecular complexity index is 820. The standard InChI is InChI=1S/C13H13N5O3/c1-7-3-14-10(21-7)6-15-11-8-5-17-18(2)12(8)16-4-9(11)13(19)20/h3-5H,6H2,1-2H3,(H,15,16)(H,19,20). The zero-order valence-electron chi connectivity index (χ0n) is 11.5. The highest BCUT2D eigenvalue weighted by molar-refractivity contribution is 6.03. The van der Waals surface area contributed by atoms with Crippen LogP contribution in [0.1, 0.15) is 22.0 Å². The van der Waals surface area contributed by atoms with E-state index < -0.39 is 5.97 Å². The lowest BCUT2D eigenvalue weighted by Crippen LogP contribution is -2.08. The summed E-state index contributed by atoms with van der Waals surface area (Å²) in [5, 5.41) is 17.1. The minimum atomic E-state index is -1.06. The molecule has 0 amide bonds. The SMILES string of the molecule is Cc1cnc(CNc2c(C(=O)O)cnc3c2cnn3C)o1. The van der Waals surface area contributed by atoms with Gasteiger partial charge in [-0.15, -0.1) is 0 Å². The van der Waals surface area contributed by atoms with Gasteiger partial charge in [0.2, 0.25) is 5.89 Å². The molecule has 108 valence electrons. The van der Waals surface area contributed by atoms with E-state index in [2.05, 4.69) is 20.4 Å². The summed E-state index contributed by atoms with van der Waals surface area (Å²) in [6.07, 6.45) is 4.51. The predicted molar refractivity (Wildman–Crippen MR) is 74.0 cm³/mol. The van der Waals surface area contributed by atoms with Gasteiger partial charge in [0.05, 0.1) is 30.0 Å². The first-order valence-corrected chi connectivity index (χ1v) is 6.25. The molecule has 0 spiro atoms. The van der Waals surface area contributed by atoms with Crippen molar-refractivity contribution >= 4 is 22.7 Å². The van der Waals surface area contributed by atoms with Crippen molar-refractivity contribution in [3.63, 3.8) is 0 Å². The molecule has 3 heterocycles. The summed E-state index contributed by atoms with van der Waals surface area (Å²) >= 11 is 0. The van der Waals surface area contributed by atoms with Gasteiger partial charge in [-0.2, -0.15) is 5.10 Å². The van der Waals surface area contributed by atoms with Gasteiger partial charge in [-0.3, -0.25) is 4.68 Å². The maximum Gasteiger partial charge on any atom is 0.339 e. The smallest absolute Gasteiger partial charge is 0.339 e. The number of anilines is 1. The summed E-state index contributed by atoms with van der Waals surface area (Å²) in [4.78, 5) is 19.5. The van der Waals surface area contributed by atoms with Gasteiger partial charge in [-0.05, 0) is 6.92 Å². The Morgan fingerprint density at radius 2 is 2.19 bits per heavy atom. The van der Waals surface area contributed by atoms with Gasteiger partial charge in [0.25, 0.3) is 0 Å². The Labute approximate surface area is 119 Å². The molecule has 8 nitrogen and oxygen atoms in total. The van der Waals surface area contributed by atoms with Crippen LogP contribution in [0.4, 0.5) is 5.69 Å². The molecule has 21 heavy (non-hydrogen) atoms. The highest BCUT2D eigenvalue weighted by Crippen LogP contribution is 2.26. The summed E-state index contributed by atoms with van der Waals surface area (Å²) in [5.41, 5.74) is 1.14. The van der Waals surface area contributed by atoms with Crippen molar-refractivity contribution in [1.82, 2.24) is 19.7 Å². The molecule has 0 fully saturated rings. The minimum absolute atomic E-state index is 0.0822. The maximum absolute atomic E-state index is 11.3. The van der Waals surface area contributed by atoms with Crippen LogP contribution in [0.5, 0.6) is 0 Å². The molecule has 0 aliphatic heterocycles. The summed E-state index contributed by atoms with van der Waals surface area (Å²) in [5.74, 6) is 0.128. The third kappa shape index (κ3) is 2.31. The van der Waals surface area contributed by atoms with Gasteiger partial charge in [-0.1, -0.05) is 0 Å². The second-order valence-electron chi connectivity index (χ2n) is 4.58. The van der Waals surface area contributed by atoms with Crippen LogP contribution in [-0.4, -0.2) is 30.8 Å². The molecule has 3 aromatic rings. The number of nitrogens with one attached hydrogen (secondary N) is 1. The molecular weight excluding hydrogens is 274 g/mol. The molecule has 0 atom stereocenters. The molecule has 0 aliphatic carbocycles. The third-order valence-corrected chi connectivity index (χ3v) is 3.08. The van der Waals surface area contributed by atoms with Crippen molar-refractivity contribution in [3.8, 4) is 0 Å². The van der Waals surface area contributed by atoms with Gasteiger partial charge in [0.15, 0.2) is 5.65 Å². The van der Waals surface area contributed by atoms with Crippen molar-refractivity contribution in [2.24, 2.45) is 7.05 Å². The Hall–Kier alpha value is -2.90. The van der Waals surface area contributed by atoms with Gasteiger partial charge < -0.3 is 14.8 Å². The molecule has 0 saturated carbocycles. The summed E-state index contributed by atoms with van der Waals surface area (Å²) in [6, 6.07) is 0. The van der Waals surface area contributed by atoms with E-state index in [0.717, 1.165) is 0 Å².